The van der Waals surface area contributed by atoms with Crippen molar-refractivity contribution in [2.45, 2.75) is 32.9 Å². The number of aromatic nitrogens is 2. The van der Waals surface area contributed by atoms with Crippen molar-refractivity contribution >= 4 is 5.91 Å². The Bertz CT molecular complexity index is 698. The molecular weight excluding hydrogens is 294 g/mol. The van der Waals surface area contributed by atoms with Crippen LogP contribution in [0.1, 0.15) is 30.8 Å². The van der Waals surface area contributed by atoms with E-state index in [9.17, 15) is 9.59 Å². The van der Waals surface area contributed by atoms with Crippen molar-refractivity contribution in [2.24, 2.45) is 0 Å². The number of hydrogen-bond acceptors (Lipinski definition) is 4. The number of carbonyl (C=O) groups is 1. The van der Waals surface area contributed by atoms with Crippen LogP contribution in [-0.4, -0.2) is 28.3 Å². The van der Waals surface area contributed by atoms with Gasteiger partial charge in [-0.15, -0.1) is 0 Å². The Morgan fingerprint density at radius 2 is 2.00 bits per heavy atom. The number of benzene rings is 1. The molecule has 0 saturated carbocycles. The van der Waals surface area contributed by atoms with Gasteiger partial charge in [0.1, 0.15) is 18.1 Å². The molecule has 1 amide bonds. The lowest BCUT2D eigenvalue weighted by Crippen LogP contribution is -2.35. The molecule has 1 N–H and O–H groups in total. The van der Waals surface area contributed by atoms with E-state index in [2.05, 4.69) is 10.4 Å². The highest BCUT2D eigenvalue weighted by Gasteiger charge is 2.11. The molecule has 1 heterocycles. The van der Waals surface area contributed by atoms with Gasteiger partial charge in [-0.1, -0.05) is 25.1 Å². The number of hydrogen-bond donors (Lipinski definition) is 1. The van der Waals surface area contributed by atoms with Crippen LogP contribution in [0.25, 0.3) is 0 Å². The first-order valence-corrected chi connectivity index (χ1v) is 7.67. The molecule has 0 fully saturated rings. The standard InChI is InChI=1S/C17H21N3O3/c1-3-13(2)18-17(22)15-9-10-16(21)20(19-15)11-12-23-14-7-5-4-6-8-14/h4-10,13H,3,11-12H2,1-2H3,(H,18,22). The number of carbonyl (C=O) groups excluding carboxylic acids is 1. The molecule has 23 heavy (non-hydrogen) atoms. The maximum atomic E-state index is 12.1. The molecule has 1 unspecified atom stereocenters. The Kier molecular flexibility index (Phi) is 5.91. The van der Waals surface area contributed by atoms with Crippen molar-refractivity contribution in [3.8, 4) is 5.75 Å². The average molecular weight is 315 g/mol. The minimum absolute atomic E-state index is 0.0612. The van der Waals surface area contributed by atoms with Crippen molar-refractivity contribution in [3.05, 3.63) is 58.5 Å². The Hall–Kier alpha value is -2.63. The summed E-state index contributed by atoms with van der Waals surface area (Å²) < 4.78 is 6.79. The molecule has 0 spiro atoms. The predicted molar refractivity (Wildman–Crippen MR) is 87.7 cm³/mol. The third-order valence-corrected chi connectivity index (χ3v) is 3.40. The second-order valence-electron chi connectivity index (χ2n) is 5.22. The predicted octanol–water partition coefficient (Wildman–Crippen LogP) is 1.85. The summed E-state index contributed by atoms with van der Waals surface area (Å²) in [6.45, 7) is 4.48. The van der Waals surface area contributed by atoms with Gasteiger partial charge in [-0.3, -0.25) is 9.59 Å². The Morgan fingerprint density at radius 3 is 2.70 bits per heavy atom. The summed E-state index contributed by atoms with van der Waals surface area (Å²) in [4.78, 5) is 23.9. The largest absolute Gasteiger partial charge is 0.492 e. The SMILES string of the molecule is CCC(C)NC(=O)c1ccc(=O)n(CCOc2ccccc2)n1. The van der Waals surface area contributed by atoms with Crippen LogP contribution in [0.2, 0.25) is 0 Å². The van der Waals surface area contributed by atoms with Crippen molar-refractivity contribution in [1.82, 2.24) is 15.1 Å². The van der Waals surface area contributed by atoms with E-state index in [0.717, 1.165) is 12.2 Å². The summed E-state index contributed by atoms with van der Waals surface area (Å²) in [7, 11) is 0. The van der Waals surface area contributed by atoms with E-state index < -0.39 is 0 Å². The molecule has 6 heteroatoms. The first-order valence-electron chi connectivity index (χ1n) is 7.67. The summed E-state index contributed by atoms with van der Waals surface area (Å²) in [5.74, 6) is 0.447. The third kappa shape index (κ3) is 4.95. The van der Waals surface area contributed by atoms with Crippen LogP contribution in [0.15, 0.2) is 47.3 Å². The molecule has 0 radical (unpaired) electrons. The second kappa shape index (κ2) is 8.12. The van der Waals surface area contributed by atoms with Crippen molar-refractivity contribution in [1.29, 1.82) is 0 Å². The number of rotatable bonds is 7. The molecule has 1 atom stereocenters. The molecule has 122 valence electrons. The van der Waals surface area contributed by atoms with Crippen LogP contribution in [-0.2, 0) is 6.54 Å². The molecule has 0 aliphatic carbocycles. The van der Waals surface area contributed by atoms with Crippen LogP contribution >= 0.6 is 0 Å². The highest BCUT2D eigenvalue weighted by molar-refractivity contribution is 5.92. The number of nitrogens with one attached hydrogen (secondary N) is 1. The van der Waals surface area contributed by atoms with E-state index in [4.69, 9.17) is 4.74 Å². The fraction of sp³-hybridized carbons (Fsp3) is 0.353. The lowest BCUT2D eigenvalue weighted by Gasteiger charge is -2.12. The minimum atomic E-state index is -0.280. The highest BCUT2D eigenvalue weighted by Crippen LogP contribution is 2.07. The third-order valence-electron chi connectivity index (χ3n) is 3.40. The fourth-order valence-electron chi connectivity index (χ4n) is 1.90. The molecular formula is C17H21N3O3. The van der Waals surface area contributed by atoms with Gasteiger partial charge < -0.3 is 10.1 Å². The molecule has 2 rings (SSSR count). The molecule has 6 nitrogen and oxygen atoms in total. The summed E-state index contributed by atoms with van der Waals surface area (Å²) in [6.07, 6.45) is 0.830. The Balaban J connectivity index is 2.00. The van der Waals surface area contributed by atoms with E-state index in [1.165, 1.54) is 16.8 Å². The molecule has 2 aromatic rings. The van der Waals surface area contributed by atoms with Gasteiger partial charge in [0.25, 0.3) is 11.5 Å². The number of ether oxygens (including phenoxy) is 1. The average Bonchev–Trinajstić information content (AvgIpc) is 2.57. The van der Waals surface area contributed by atoms with E-state index in [1.807, 2.05) is 44.2 Å². The lowest BCUT2D eigenvalue weighted by molar-refractivity contribution is 0.0931. The van der Waals surface area contributed by atoms with Gasteiger partial charge in [0, 0.05) is 12.1 Å². The van der Waals surface area contributed by atoms with Crippen LogP contribution in [0.5, 0.6) is 5.75 Å². The van der Waals surface area contributed by atoms with Gasteiger partial charge in [-0.2, -0.15) is 5.10 Å². The molecule has 0 saturated heterocycles. The maximum absolute atomic E-state index is 12.1. The molecule has 1 aromatic heterocycles. The summed E-state index contributed by atoms with van der Waals surface area (Å²) in [6, 6.07) is 12.2. The Morgan fingerprint density at radius 1 is 1.26 bits per heavy atom. The number of nitrogens with zero attached hydrogens (tertiary/aromatic N) is 2. The molecule has 0 aliphatic rings. The van der Waals surface area contributed by atoms with Crippen LogP contribution < -0.4 is 15.6 Å². The fourth-order valence-corrected chi connectivity index (χ4v) is 1.90. The zero-order valence-electron chi connectivity index (χ0n) is 13.4. The number of para-hydroxylation sites is 1. The first kappa shape index (κ1) is 16.7. The first-order chi connectivity index (χ1) is 11.1. The Labute approximate surface area is 135 Å². The summed E-state index contributed by atoms with van der Waals surface area (Å²) in [5.41, 5.74) is -0.0358. The normalized spacial score (nSPS) is 11.7. The molecule has 0 aliphatic heterocycles. The maximum Gasteiger partial charge on any atom is 0.271 e. The van der Waals surface area contributed by atoms with Crippen LogP contribution in [0.3, 0.4) is 0 Å². The van der Waals surface area contributed by atoms with Crippen LogP contribution in [0, 0.1) is 0 Å². The van der Waals surface area contributed by atoms with Crippen LogP contribution in [0.4, 0.5) is 0 Å². The van der Waals surface area contributed by atoms with Gasteiger partial charge in [0.05, 0.1) is 6.54 Å². The van der Waals surface area contributed by atoms with E-state index >= 15 is 0 Å². The summed E-state index contributed by atoms with van der Waals surface area (Å²) >= 11 is 0. The van der Waals surface area contributed by atoms with E-state index in [-0.39, 0.29) is 29.7 Å². The van der Waals surface area contributed by atoms with Crippen molar-refractivity contribution < 1.29 is 9.53 Å². The van der Waals surface area contributed by atoms with Gasteiger partial charge in [-0.25, -0.2) is 4.68 Å². The smallest absolute Gasteiger partial charge is 0.271 e. The zero-order chi connectivity index (χ0) is 16.7. The van der Waals surface area contributed by atoms with Gasteiger partial charge >= 0.3 is 0 Å². The second-order valence-corrected chi connectivity index (χ2v) is 5.22. The van der Waals surface area contributed by atoms with Crippen molar-refractivity contribution in [2.75, 3.05) is 6.61 Å². The highest BCUT2D eigenvalue weighted by atomic mass is 16.5. The van der Waals surface area contributed by atoms with E-state index in [0.29, 0.717) is 6.61 Å². The lowest BCUT2D eigenvalue weighted by atomic mass is 10.2. The molecule has 0 bridgehead atoms. The van der Waals surface area contributed by atoms with Gasteiger partial charge in [0.15, 0.2) is 0 Å². The van der Waals surface area contributed by atoms with E-state index in [1.54, 1.807) is 0 Å². The topological polar surface area (TPSA) is 73.2 Å². The minimum Gasteiger partial charge on any atom is -0.492 e. The van der Waals surface area contributed by atoms with Gasteiger partial charge in [0.2, 0.25) is 0 Å². The zero-order valence-corrected chi connectivity index (χ0v) is 13.4. The quantitative estimate of drug-likeness (QED) is 0.846. The van der Waals surface area contributed by atoms with Gasteiger partial charge in [-0.05, 0) is 31.5 Å². The molecule has 1 aromatic carbocycles. The monoisotopic (exact) mass is 315 g/mol. The number of amides is 1. The summed E-state index contributed by atoms with van der Waals surface area (Å²) in [5, 5.41) is 6.93. The van der Waals surface area contributed by atoms with Crippen molar-refractivity contribution in [3.63, 3.8) is 0 Å².